The van der Waals surface area contributed by atoms with Crippen LogP contribution < -0.4 is 5.32 Å². The highest BCUT2D eigenvalue weighted by Crippen LogP contribution is 2.30. The molecule has 0 spiro atoms. The molecule has 110 valence electrons. The van der Waals surface area contributed by atoms with Crippen LogP contribution in [0.2, 0.25) is 5.02 Å². The smallest absolute Gasteiger partial charge is 0.283 e. The van der Waals surface area contributed by atoms with Gasteiger partial charge in [0, 0.05) is 17.8 Å². The molecule has 0 amide bonds. The van der Waals surface area contributed by atoms with Gasteiger partial charge in [0.15, 0.2) is 0 Å². The summed E-state index contributed by atoms with van der Waals surface area (Å²) in [5.74, 6) is -0.467. The SMILES string of the molecule is CC(Nc1ccc([N+](=O)[O-])c(Br)c1)c1ccc(F)c(Cl)c1. The van der Waals surface area contributed by atoms with Crippen molar-refractivity contribution in [3.63, 3.8) is 0 Å². The molecular formula is C14H11BrClFN2O2. The third-order valence-electron chi connectivity index (χ3n) is 2.97. The van der Waals surface area contributed by atoms with Gasteiger partial charge in [0.05, 0.1) is 14.4 Å². The molecule has 0 aliphatic rings. The molecule has 1 N–H and O–H groups in total. The van der Waals surface area contributed by atoms with Crippen LogP contribution in [0, 0.1) is 15.9 Å². The van der Waals surface area contributed by atoms with Crippen LogP contribution in [0.1, 0.15) is 18.5 Å². The number of rotatable bonds is 4. The van der Waals surface area contributed by atoms with E-state index in [1.807, 2.05) is 6.92 Å². The second-order valence-electron chi connectivity index (χ2n) is 4.46. The Balaban J connectivity index is 2.19. The van der Waals surface area contributed by atoms with Gasteiger partial charge in [-0.15, -0.1) is 0 Å². The lowest BCUT2D eigenvalue weighted by Gasteiger charge is -2.16. The third kappa shape index (κ3) is 3.71. The maximum atomic E-state index is 13.1. The number of nitrogens with one attached hydrogen (secondary N) is 1. The molecule has 0 heterocycles. The largest absolute Gasteiger partial charge is 0.378 e. The van der Waals surface area contributed by atoms with E-state index in [1.54, 1.807) is 24.3 Å². The summed E-state index contributed by atoms with van der Waals surface area (Å²) in [7, 11) is 0. The van der Waals surface area contributed by atoms with E-state index < -0.39 is 10.7 Å². The lowest BCUT2D eigenvalue weighted by Crippen LogP contribution is -2.07. The third-order valence-corrected chi connectivity index (χ3v) is 3.90. The standard InChI is InChI=1S/C14H11BrClFN2O2/c1-8(9-2-4-13(17)12(16)6-9)18-10-3-5-14(19(20)21)11(15)7-10/h2-8,18H,1H3. The maximum Gasteiger partial charge on any atom is 0.283 e. The molecular weight excluding hydrogens is 363 g/mol. The van der Waals surface area contributed by atoms with Gasteiger partial charge in [0.1, 0.15) is 5.82 Å². The minimum absolute atomic E-state index is 0.00182. The van der Waals surface area contributed by atoms with E-state index in [9.17, 15) is 14.5 Å². The lowest BCUT2D eigenvalue weighted by atomic mass is 10.1. The van der Waals surface area contributed by atoms with Crippen molar-refractivity contribution in [2.24, 2.45) is 0 Å². The van der Waals surface area contributed by atoms with Crippen LogP contribution in [0.25, 0.3) is 0 Å². The summed E-state index contributed by atoms with van der Waals surface area (Å²) in [6.07, 6.45) is 0. The normalized spacial score (nSPS) is 12.0. The molecule has 0 saturated carbocycles. The molecule has 0 bridgehead atoms. The minimum atomic E-state index is -0.467. The van der Waals surface area contributed by atoms with Crippen LogP contribution >= 0.6 is 27.5 Å². The van der Waals surface area contributed by atoms with E-state index in [4.69, 9.17) is 11.6 Å². The summed E-state index contributed by atoms with van der Waals surface area (Å²) in [6, 6.07) is 9.02. The van der Waals surface area contributed by atoms with Gasteiger partial charge in [0.2, 0.25) is 0 Å². The molecule has 21 heavy (non-hydrogen) atoms. The van der Waals surface area contributed by atoms with Gasteiger partial charge >= 0.3 is 0 Å². The molecule has 7 heteroatoms. The Morgan fingerprint density at radius 3 is 2.62 bits per heavy atom. The molecule has 1 unspecified atom stereocenters. The minimum Gasteiger partial charge on any atom is -0.378 e. The molecule has 2 aromatic rings. The van der Waals surface area contributed by atoms with Crippen LogP contribution in [0.15, 0.2) is 40.9 Å². The van der Waals surface area contributed by atoms with E-state index in [0.29, 0.717) is 10.2 Å². The van der Waals surface area contributed by atoms with Gasteiger partial charge in [-0.2, -0.15) is 0 Å². The number of nitro benzene ring substituents is 1. The predicted molar refractivity (Wildman–Crippen MR) is 84.2 cm³/mol. The fourth-order valence-electron chi connectivity index (χ4n) is 1.86. The van der Waals surface area contributed by atoms with Gasteiger partial charge in [-0.1, -0.05) is 17.7 Å². The van der Waals surface area contributed by atoms with Crippen molar-refractivity contribution in [1.82, 2.24) is 0 Å². The highest BCUT2D eigenvalue weighted by atomic mass is 79.9. The Labute approximate surface area is 134 Å². The number of nitrogens with zero attached hydrogens (tertiary/aromatic N) is 1. The van der Waals surface area contributed by atoms with E-state index in [1.165, 1.54) is 12.1 Å². The second-order valence-corrected chi connectivity index (χ2v) is 5.72. The van der Waals surface area contributed by atoms with Crippen LogP contribution in [-0.4, -0.2) is 4.92 Å². The van der Waals surface area contributed by atoms with Crippen molar-refractivity contribution >= 4 is 38.9 Å². The first-order chi connectivity index (χ1) is 9.88. The molecule has 0 aliphatic heterocycles. The van der Waals surface area contributed by atoms with Crippen LogP contribution in [0.3, 0.4) is 0 Å². The first-order valence-electron chi connectivity index (χ1n) is 6.04. The first-order valence-corrected chi connectivity index (χ1v) is 7.21. The summed E-state index contributed by atoms with van der Waals surface area (Å²) in [4.78, 5) is 10.3. The van der Waals surface area contributed by atoms with E-state index >= 15 is 0 Å². The van der Waals surface area contributed by atoms with Crippen molar-refractivity contribution in [3.8, 4) is 0 Å². The lowest BCUT2D eigenvalue weighted by molar-refractivity contribution is -0.385. The number of nitro groups is 1. The Bertz CT molecular complexity index is 697. The highest BCUT2D eigenvalue weighted by molar-refractivity contribution is 9.10. The molecule has 0 aromatic heterocycles. The Hall–Kier alpha value is -1.66. The monoisotopic (exact) mass is 372 g/mol. The van der Waals surface area contributed by atoms with E-state index in [0.717, 1.165) is 5.56 Å². The van der Waals surface area contributed by atoms with Gasteiger partial charge < -0.3 is 5.32 Å². The molecule has 4 nitrogen and oxygen atoms in total. The molecule has 0 saturated heterocycles. The fraction of sp³-hybridized carbons (Fsp3) is 0.143. The molecule has 0 fully saturated rings. The first kappa shape index (κ1) is 15.7. The Kier molecular flexibility index (Phi) is 4.80. The molecule has 0 radical (unpaired) electrons. The van der Waals surface area contributed by atoms with Crippen molar-refractivity contribution in [1.29, 1.82) is 0 Å². The summed E-state index contributed by atoms with van der Waals surface area (Å²) < 4.78 is 13.5. The van der Waals surface area contributed by atoms with Crippen molar-refractivity contribution in [2.45, 2.75) is 13.0 Å². The van der Waals surface area contributed by atoms with Crippen molar-refractivity contribution in [3.05, 3.63) is 67.4 Å². The van der Waals surface area contributed by atoms with E-state index in [2.05, 4.69) is 21.2 Å². The average Bonchev–Trinajstić information content (AvgIpc) is 2.41. The molecule has 2 rings (SSSR count). The van der Waals surface area contributed by atoms with Gasteiger partial charge in [-0.05, 0) is 52.7 Å². The number of halogens is 3. The van der Waals surface area contributed by atoms with Crippen molar-refractivity contribution in [2.75, 3.05) is 5.32 Å². The van der Waals surface area contributed by atoms with Gasteiger partial charge in [0.25, 0.3) is 5.69 Å². The fourth-order valence-corrected chi connectivity index (χ4v) is 2.57. The molecule has 2 aromatic carbocycles. The number of anilines is 1. The number of hydrogen-bond acceptors (Lipinski definition) is 3. The highest BCUT2D eigenvalue weighted by Gasteiger charge is 2.13. The van der Waals surface area contributed by atoms with Crippen LogP contribution in [0.4, 0.5) is 15.8 Å². The number of hydrogen-bond donors (Lipinski definition) is 1. The maximum absolute atomic E-state index is 13.1. The topological polar surface area (TPSA) is 55.2 Å². The summed E-state index contributed by atoms with van der Waals surface area (Å²) in [5, 5.41) is 14.0. The Morgan fingerprint density at radius 1 is 1.33 bits per heavy atom. The quantitative estimate of drug-likeness (QED) is 0.582. The predicted octanol–water partition coefficient (Wildman–Crippen LogP) is 5.32. The number of benzene rings is 2. The summed E-state index contributed by atoms with van der Waals surface area (Å²) in [5.41, 5.74) is 1.52. The van der Waals surface area contributed by atoms with E-state index in [-0.39, 0.29) is 16.8 Å². The Morgan fingerprint density at radius 2 is 2.05 bits per heavy atom. The molecule has 1 atom stereocenters. The van der Waals surface area contributed by atoms with Gasteiger partial charge in [-0.3, -0.25) is 10.1 Å². The zero-order valence-corrected chi connectivity index (χ0v) is 13.3. The van der Waals surface area contributed by atoms with Gasteiger partial charge in [-0.25, -0.2) is 4.39 Å². The zero-order chi connectivity index (χ0) is 15.6. The second kappa shape index (κ2) is 6.41. The van der Waals surface area contributed by atoms with Crippen molar-refractivity contribution < 1.29 is 9.31 Å². The summed E-state index contributed by atoms with van der Waals surface area (Å²) >= 11 is 8.92. The summed E-state index contributed by atoms with van der Waals surface area (Å²) in [6.45, 7) is 1.89. The molecule has 0 aliphatic carbocycles. The van der Waals surface area contributed by atoms with Crippen LogP contribution in [-0.2, 0) is 0 Å². The van der Waals surface area contributed by atoms with Crippen LogP contribution in [0.5, 0.6) is 0 Å². The zero-order valence-electron chi connectivity index (χ0n) is 10.9. The average molecular weight is 374 g/mol.